The van der Waals surface area contributed by atoms with Crippen LogP contribution in [-0.2, 0) is 6.61 Å². The Morgan fingerprint density at radius 3 is 2.35 bits per heavy atom. The van der Waals surface area contributed by atoms with E-state index in [4.69, 9.17) is 0 Å². The number of alkyl halides is 2. The molecule has 0 heterocycles. The molecule has 114 valence electrons. The highest BCUT2D eigenvalue weighted by molar-refractivity contribution is 5.54. The van der Waals surface area contributed by atoms with E-state index in [-0.39, 0.29) is 13.0 Å². The second kappa shape index (κ2) is 7.02. The van der Waals surface area contributed by atoms with Crippen molar-refractivity contribution < 1.29 is 13.9 Å². The Morgan fingerprint density at radius 1 is 1.20 bits per heavy atom. The van der Waals surface area contributed by atoms with Gasteiger partial charge in [-0.1, -0.05) is 6.92 Å². The van der Waals surface area contributed by atoms with Gasteiger partial charge in [-0.15, -0.1) is 0 Å². The predicted octanol–water partition coefficient (Wildman–Crippen LogP) is 4.06. The number of aryl methyl sites for hydroxylation is 1. The summed E-state index contributed by atoms with van der Waals surface area (Å²) in [4.78, 5) is 1.98. The molecule has 0 fully saturated rings. The first-order valence-electron chi connectivity index (χ1n) is 7.12. The number of anilines is 1. The zero-order chi connectivity index (χ0) is 15.3. The van der Waals surface area contributed by atoms with Gasteiger partial charge in [0.1, 0.15) is 0 Å². The zero-order valence-electron chi connectivity index (χ0n) is 12.8. The lowest BCUT2D eigenvalue weighted by atomic mass is 10.0. The SMILES string of the molecule is CCCN(CCC(C)(F)F)c1cc(C)c(C)c(CO)c1. The number of hydrogen-bond donors (Lipinski definition) is 1. The highest BCUT2D eigenvalue weighted by atomic mass is 19.3. The van der Waals surface area contributed by atoms with Crippen LogP contribution in [-0.4, -0.2) is 24.1 Å². The Morgan fingerprint density at radius 2 is 1.85 bits per heavy atom. The van der Waals surface area contributed by atoms with E-state index in [1.54, 1.807) is 0 Å². The molecule has 0 aliphatic carbocycles. The average Bonchev–Trinajstić information content (AvgIpc) is 2.36. The van der Waals surface area contributed by atoms with Gasteiger partial charge < -0.3 is 10.0 Å². The maximum Gasteiger partial charge on any atom is 0.247 e. The summed E-state index contributed by atoms with van der Waals surface area (Å²) >= 11 is 0. The van der Waals surface area contributed by atoms with Crippen LogP contribution in [0.15, 0.2) is 12.1 Å². The predicted molar refractivity (Wildman–Crippen MR) is 79.6 cm³/mol. The topological polar surface area (TPSA) is 23.5 Å². The molecule has 0 radical (unpaired) electrons. The van der Waals surface area contributed by atoms with Crippen molar-refractivity contribution in [2.45, 2.75) is 53.1 Å². The summed E-state index contributed by atoms with van der Waals surface area (Å²) < 4.78 is 26.1. The van der Waals surface area contributed by atoms with Gasteiger partial charge in [-0.05, 0) is 56.0 Å². The molecule has 1 aromatic rings. The smallest absolute Gasteiger partial charge is 0.247 e. The van der Waals surface area contributed by atoms with Gasteiger partial charge in [0.2, 0.25) is 5.92 Å². The zero-order valence-corrected chi connectivity index (χ0v) is 12.8. The van der Waals surface area contributed by atoms with Crippen molar-refractivity contribution in [1.29, 1.82) is 0 Å². The highest BCUT2D eigenvalue weighted by Gasteiger charge is 2.22. The van der Waals surface area contributed by atoms with E-state index in [9.17, 15) is 13.9 Å². The van der Waals surface area contributed by atoms with Gasteiger partial charge in [0.05, 0.1) is 6.61 Å². The Kier molecular flexibility index (Phi) is 5.93. The van der Waals surface area contributed by atoms with Gasteiger partial charge >= 0.3 is 0 Å². The molecule has 0 atom stereocenters. The van der Waals surface area contributed by atoms with Crippen LogP contribution >= 0.6 is 0 Å². The van der Waals surface area contributed by atoms with Crippen molar-refractivity contribution in [3.05, 3.63) is 28.8 Å². The number of halogens is 2. The molecular weight excluding hydrogens is 260 g/mol. The molecule has 2 nitrogen and oxygen atoms in total. The van der Waals surface area contributed by atoms with Crippen molar-refractivity contribution in [2.24, 2.45) is 0 Å². The van der Waals surface area contributed by atoms with Crippen LogP contribution in [0.4, 0.5) is 14.5 Å². The normalized spacial score (nSPS) is 11.8. The minimum atomic E-state index is -2.65. The summed E-state index contributed by atoms with van der Waals surface area (Å²) in [5.41, 5.74) is 3.93. The maximum atomic E-state index is 13.1. The molecule has 1 aromatic carbocycles. The molecule has 0 saturated carbocycles. The summed E-state index contributed by atoms with van der Waals surface area (Å²) in [5, 5.41) is 9.40. The van der Waals surface area contributed by atoms with Crippen LogP contribution in [0, 0.1) is 13.8 Å². The Balaban J connectivity index is 2.99. The molecular formula is C16H25F2NO. The molecule has 0 spiro atoms. The van der Waals surface area contributed by atoms with Crippen molar-refractivity contribution in [3.8, 4) is 0 Å². The molecule has 0 bridgehead atoms. The molecule has 1 rings (SSSR count). The maximum absolute atomic E-state index is 13.1. The molecule has 0 amide bonds. The van der Waals surface area contributed by atoms with Gasteiger partial charge in [-0.25, -0.2) is 8.78 Å². The minimum Gasteiger partial charge on any atom is -0.392 e. The third-order valence-corrected chi connectivity index (χ3v) is 3.61. The Hall–Kier alpha value is -1.16. The molecule has 4 heteroatoms. The molecule has 20 heavy (non-hydrogen) atoms. The fraction of sp³-hybridized carbons (Fsp3) is 0.625. The lowest BCUT2D eigenvalue weighted by Crippen LogP contribution is -2.29. The fourth-order valence-electron chi connectivity index (χ4n) is 2.23. The van der Waals surface area contributed by atoms with Crippen LogP contribution in [0.2, 0.25) is 0 Å². The number of aliphatic hydroxyl groups excluding tert-OH is 1. The molecule has 0 aliphatic rings. The van der Waals surface area contributed by atoms with Crippen molar-refractivity contribution in [1.82, 2.24) is 0 Å². The average molecular weight is 285 g/mol. The first-order chi connectivity index (χ1) is 9.28. The fourth-order valence-corrected chi connectivity index (χ4v) is 2.23. The first-order valence-corrected chi connectivity index (χ1v) is 7.12. The van der Waals surface area contributed by atoms with E-state index in [1.165, 1.54) is 0 Å². The van der Waals surface area contributed by atoms with Gasteiger partial charge in [0.25, 0.3) is 0 Å². The first kappa shape index (κ1) is 16.9. The van der Waals surface area contributed by atoms with Crippen molar-refractivity contribution in [3.63, 3.8) is 0 Å². The quantitative estimate of drug-likeness (QED) is 0.816. The van der Waals surface area contributed by atoms with Crippen LogP contribution in [0.25, 0.3) is 0 Å². The lowest BCUT2D eigenvalue weighted by Gasteiger charge is -2.27. The number of hydrogen-bond acceptors (Lipinski definition) is 2. The van der Waals surface area contributed by atoms with E-state index in [1.807, 2.05) is 37.8 Å². The summed E-state index contributed by atoms with van der Waals surface area (Å²) in [5.74, 6) is -2.65. The number of aliphatic hydroxyl groups is 1. The van der Waals surface area contributed by atoms with Crippen molar-refractivity contribution >= 4 is 5.69 Å². The largest absolute Gasteiger partial charge is 0.392 e. The third kappa shape index (κ3) is 4.75. The van der Waals surface area contributed by atoms with Gasteiger partial charge in [0.15, 0.2) is 0 Å². The summed E-state index contributed by atoms with van der Waals surface area (Å²) in [6.07, 6.45) is 0.741. The van der Waals surface area contributed by atoms with Gasteiger partial charge in [0, 0.05) is 25.2 Å². The highest BCUT2D eigenvalue weighted by Crippen LogP contribution is 2.25. The molecule has 1 N–H and O–H groups in total. The van der Waals surface area contributed by atoms with Crippen LogP contribution in [0.5, 0.6) is 0 Å². The lowest BCUT2D eigenvalue weighted by molar-refractivity contribution is 0.0151. The van der Waals surface area contributed by atoms with Crippen LogP contribution in [0.1, 0.15) is 43.4 Å². The number of rotatable bonds is 7. The second-order valence-corrected chi connectivity index (χ2v) is 5.51. The molecule has 0 aromatic heterocycles. The number of benzene rings is 1. The van der Waals surface area contributed by atoms with Crippen LogP contribution < -0.4 is 4.90 Å². The van der Waals surface area contributed by atoms with E-state index in [0.717, 1.165) is 42.3 Å². The molecule has 0 saturated heterocycles. The van der Waals surface area contributed by atoms with Crippen LogP contribution in [0.3, 0.4) is 0 Å². The molecule has 0 aliphatic heterocycles. The van der Waals surface area contributed by atoms with Gasteiger partial charge in [-0.2, -0.15) is 0 Å². The van der Waals surface area contributed by atoms with E-state index in [2.05, 4.69) is 0 Å². The molecule has 0 unspecified atom stereocenters. The standard InChI is InChI=1S/C16H25F2NO/c1-5-7-19(8-6-16(4,17)18)15-9-12(2)13(3)14(10-15)11-20/h9-10,20H,5-8,11H2,1-4H3. The summed E-state index contributed by atoms with van der Waals surface area (Å²) in [6.45, 7) is 7.98. The Bertz CT molecular complexity index is 441. The second-order valence-electron chi connectivity index (χ2n) is 5.51. The van der Waals surface area contributed by atoms with Gasteiger partial charge in [-0.3, -0.25) is 0 Å². The summed E-state index contributed by atoms with van der Waals surface area (Å²) in [6, 6.07) is 3.92. The Labute approximate surface area is 120 Å². The van der Waals surface area contributed by atoms with E-state index < -0.39 is 5.92 Å². The third-order valence-electron chi connectivity index (χ3n) is 3.61. The van der Waals surface area contributed by atoms with Crippen molar-refractivity contribution in [2.75, 3.05) is 18.0 Å². The minimum absolute atomic E-state index is 0.0234. The van der Waals surface area contributed by atoms with E-state index >= 15 is 0 Å². The monoisotopic (exact) mass is 285 g/mol. The van der Waals surface area contributed by atoms with E-state index in [0.29, 0.717) is 6.54 Å². The number of nitrogens with zero attached hydrogens (tertiary/aromatic N) is 1. The summed E-state index contributed by atoms with van der Waals surface area (Å²) in [7, 11) is 0.